The Morgan fingerprint density at radius 3 is 2.75 bits per heavy atom. The first-order chi connectivity index (χ1) is 11.6. The zero-order valence-electron chi connectivity index (χ0n) is 14.0. The fourth-order valence-electron chi connectivity index (χ4n) is 2.59. The Morgan fingerprint density at radius 2 is 2.08 bits per heavy atom. The van der Waals surface area contributed by atoms with Crippen LogP contribution in [-0.4, -0.2) is 20.8 Å². The van der Waals surface area contributed by atoms with Crippen molar-refractivity contribution in [1.82, 2.24) is 20.3 Å². The van der Waals surface area contributed by atoms with Crippen LogP contribution in [0, 0.1) is 6.92 Å². The van der Waals surface area contributed by atoms with Crippen LogP contribution in [0.15, 0.2) is 47.1 Å². The number of rotatable bonds is 5. The first-order valence-electron chi connectivity index (χ1n) is 7.95. The molecular formula is C18H20N4O2. The van der Waals surface area contributed by atoms with Gasteiger partial charge in [0.15, 0.2) is 11.5 Å². The van der Waals surface area contributed by atoms with Crippen molar-refractivity contribution in [2.75, 3.05) is 0 Å². The van der Waals surface area contributed by atoms with Gasteiger partial charge in [0.05, 0.1) is 11.7 Å². The van der Waals surface area contributed by atoms with E-state index < -0.39 is 0 Å². The van der Waals surface area contributed by atoms with Crippen LogP contribution < -0.4 is 5.32 Å². The van der Waals surface area contributed by atoms with E-state index in [1.807, 2.05) is 62.0 Å². The fraction of sp³-hybridized carbons (Fsp3) is 0.278. The SMILES string of the molecule is CCn1cc([C@@H](C)NC(=O)c2cc(-c3ccccc3)on2)c(C)n1. The van der Waals surface area contributed by atoms with Crippen molar-refractivity contribution in [3.05, 3.63) is 59.5 Å². The number of amides is 1. The van der Waals surface area contributed by atoms with Crippen molar-refractivity contribution in [2.24, 2.45) is 0 Å². The second-order valence-corrected chi connectivity index (χ2v) is 5.66. The van der Waals surface area contributed by atoms with Crippen molar-refractivity contribution in [1.29, 1.82) is 0 Å². The average molecular weight is 324 g/mol. The van der Waals surface area contributed by atoms with E-state index >= 15 is 0 Å². The maximum Gasteiger partial charge on any atom is 0.273 e. The van der Waals surface area contributed by atoms with Crippen molar-refractivity contribution in [2.45, 2.75) is 33.4 Å². The summed E-state index contributed by atoms with van der Waals surface area (Å²) < 4.78 is 7.14. The van der Waals surface area contributed by atoms with Crippen LogP contribution in [0.2, 0.25) is 0 Å². The smallest absolute Gasteiger partial charge is 0.273 e. The lowest BCUT2D eigenvalue weighted by atomic mass is 10.1. The standard InChI is InChI=1S/C18H20N4O2/c1-4-22-11-15(13(3)20-22)12(2)19-18(23)16-10-17(24-21-16)14-8-6-5-7-9-14/h5-12H,4H2,1-3H3,(H,19,23)/t12-/m1/s1. The van der Waals surface area contributed by atoms with Gasteiger partial charge in [-0.2, -0.15) is 5.10 Å². The monoisotopic (exact) mass is 324 g/mol. The summed E-state index contributed by atoms with van der Waals surface area (Å²) >= 11 is 0. The van der Waals surface area contributed by atoms with E-state index in [1.165, 1.54) is 0 Å². The maximum atomic E-state index is 12.4. The first-order valence-corrected chi connectivity index (χ1v) is 7.95. The minimum absolute atomic E-state index is 0.158. The lowest BCUT2D eigenvalue weighted by Crippen LogP contribution is -2.27. The second-order valence-electron chi connectivity index (χ2n) is 5.66. The summed E-state index contributed by atoms with van der Waals surface area (Å²) in [6, 6.07) is 11.1. The molecule has 1 aromatic carbocycles. The van der Waals surface area contributed by atoms with Crippen LogP contribution in [0.1, 0.15) is 41.6 Å². The van der Waals surface area contributed by atoms with Crippen molar-refractivity contribution < 1.29 is 9.32 Å². The van der Waals surface area contributed by atoms with E-state index in [0.29, 0.717) is 5.76 Å². The second kappa shape index (κ2) is 6.70. The molecular weight excluding hydrogens is 304 g/mol. The molecule has 0 bridgehead atoms. The Morgan fingerprint density at radius 1 is 1.33 bits per heavy atom. The molecule has 1 N–H and O–H groups in total. The molecule has 2 heterocycles. The molecule has 24 heavy (non-hydrogen) atoms. The van der Waals surface area contributed by atoms with E-state index in [1.54, 1.807) is 6.07 Å². The lowest BCUT2D eigenvalue weighted by Gasteiger charge is -2.11. The summed E-state index contributed by atoms with van der Waals surface area (Å²) in [7, 11) is 0. The number of carbonyl (C=O) groups is 1. The van der Waals surface area contributed by atoms with Crippen LogP contribution >= 0.6 is 0 Å². The molecule has 6 nitrogen and oxygen atoms in total. The van der Waals surface area contributed by atoms with Gasteiger partial charge >= 0.3 is 0 Å². The van der Waals surface area contributed by atoms with E-state index in [0.717, 1.165) is 23.4 Å². The molecule has 124 valence electrons. The minimum atomic E-state index is -0.267. The van der Waals surface area contributed by atoms with Gasteiger partial charge in [0.2, 0.25) is 0 Å². The van der Waals surface area contributed by atoms with Gasteiger partial charge in [0, 0.05) is 29.9 Å². The molecule has 3 aromatic rings. The average Bonchev–Trinajstić information content (AvgIpc) is 3.22. The Bertz CT molecular complexity index is 836. The molecule has 0 saturated carbocycles. The Labute approximate surface area is 140 Å². The van der Waals surface area contributed by atoms with Crippen LogP contribution in [-0.2, 0) is 6.54 Å². The zero-order valence-corrected chi connectivity index (χ0v) is 14.0. The molecule has 0 unspecified atom stereocenters. The van der Waals surface area contributed by atoms with Gasteiger partial charge in [0.25, 0.3) is 5.91 Å². The Kier molecular flexibility index (Phi) is 4.46. The van der Waals surface area contributed by atoms with Crippen LogP contribution in [0.4, 0.5) is 0 Å². The third kappa shape index (κ3) is 3.22. The quantitative estimate of drug-likeness (QED) is 0.781. The fourth-order valence-corrected chi connectivity index (χ4v) is 2.59. The van der Waals surface area contributed by atoms with Crippen LogP contribution in [0.5, 0.6) is 0 Å². The molecule has 3 rings (SSSR count). The van der Waals surface area contributed by atoms with Crippen molar-refractivity contribution in [3.8, 4) is 11.3 Å². The number of hydrogen-bond acceptors (Lipinski definition) is 4. The van der Waals surface area contributed by atoms with Gasteiger partial charge in [-0.3, -0.25) is 9.48 Å². The summed E-state index contributed by atoms with van der Waals surface area (Å²) in [5.41, 5.74) is 3.06. The highest BCUT2D eigenvalue weighted by Gasteiger charge is 2.19. The highest BCUT2D eigenvalue weighted by atomic mass is 16.5. The van der Waals surface area contributed by atoms with Crippen LogP contribution in [0.3, 0.4) is 0 Å². The predicted molar refractivity (Wildman–Crippen MR) is 90.5 cm³/mol. The Hall–Kier alpha value is -2.89. The number of nitrogens with zero attached hydrogens (tertiary/aromatic N) is 3. The van der Waals surface area contributed by atoms with E-state index in [9.17, 15) is 4.79 Å². The molecule has 0 radical (unpaired) electrons. The number of nitrogens with one attached hydrogen (secondary N) is 1. The molecule has 0 aliphatic carbocycles. The number of aryl methyl sites for hydroxylation is 2. The molecule has 0 saturated heterocycles. The third-order valence-electron chi connectivity index (χ3n) is 3.92. The summed E-state index contributed by atoms with van der Waals surface area (Å²) in [5.74, 6) is 0.306. The highest BCUT2D eigenvalue weighted by molar-refractivity contribution is 5.93. The number of aromatic nitrogens is 3. The van der Waals surface area contributed by atoms with Gasteiger partial charge in [-0.05, 0) is 20.8 Å². The molecule has 0 fully saturated rings. The molecule has 1 amide bonds. The number of hydrogen-bond donors (Lipinski definition) is 1. The van der Waals surface area contributed by atoms with Crippen LogP contribution in [0.25, 0.3) is 11.3 Å². The third-order valence-corrected chi connectivity index (χ3v) is 3.92. The Balaban J connectivity index is 1.73. The van der Waals surface area contributed by atoms with Crippen molar-refractivity contribution in [3.63, 3.8) is 0 Å². The normalized spacial score (nSPS) is 12.1. The first kappa shape index (κ1) is 16.0. The largest absolute Gasteiger partial charge is 0.355 e. The van der Waals surface area contributed by atoms with Gasteiger partial charge in [0.1, 0.15) is 0 Å². The number of benzene rings is 1. The summed E-state index contributed by atoms with van der Waals surface area (Å²) in [6.45, 7) is 6.69. The number of carbonyl (C=O) groups excluding carboxylic acids is 1. The van der Waals surface area contributed by atoms with Gasteiger partial charge in [-0.1, -0.05) is 35.5 Å². The summed E-state index contributed by atoms with van der Waals surface area (Å²) in [6.07, 6.45) is 1.96. The maximum absolute atomic E-state index is 12.4. The minimum Gasteiger partial charge on any atom is -0.355 e. The summed E-state index contributed by atoms with van der Waals surface area (Å²) in [4.78, 5) is 12.4. The molecule has 0 aliphatic rings. The topological polar surface area (TPSA) is 73.0 Å². The van der Waals surface area contributed by atoms with E-state index in [4.69, 9.17) is 4.52 Å². The molecule has 0 aliphatic heterocycles. The summed E-state index contributed by atoms with van der Waals surface area (Å²) in [5, 5.41) is 11.2. The van der Waals surface area contributed by atoms with E-state index in [2.05, 4.69) is 15.6 Å². The zero-order chi connectivity index (χ0) is 17.1. The molecule has 1 atom stereocenters. The molecule has 0 spiro atoms. The van der Waals surface area contributed by atoms with E-state index in [-0.39, 0.29) is 17.6 Å². The highest BCUT2D eigenvalue weighted by Crippen LogP contribution is 2.21. The predicted octanol–water partition coefficient (Wildman–Crippen LogP) is 3.36. The lowest BCUT2D eigenvalue weighted by molar-refractivity contribution is 0.0931. The van der Waals surface area contributed by atoms with Crippen molar-refractivity contribution >= 4 is 5.91 Å². The van der Waals surface area contributed by atoms with Gasteiger partial charge in [-0.25, -0.2) is 0 Å². The molecule has 2 aromatic heterocycles. The molecule has 6 heteroatoms. The van der Waals surface area contributed by atoms with Gasteiger partial charge in [-0.15, -0.1) is 0 Å². The van der Waals surface area contributed by atoms with Gasteiger partial charge < -0.3 is 9.84 Å².